The Morgan fingerprint density at radius 3 is 2.29 bits per heavy atom. The lowest BCUT2D eigenvalue weighted by atomic mass is 10.0. The number of hydrogen-bond acceptors (Lipinski definition) is 3. The first-order chi connectivity index (χ1) is 7.64. The van der Waals surface area contributed by atoms with Gasteiger partial charge >= 0.3 is 0 Å². The van der Waals surface area contributed by atoms with Gasteiger partial charge in [0.05, 0.1) is 10.9 Å². The molecule has 0 aromatic carbocycles. The van der Waals surface area contributed by atoms with E-state index in [9.17, 15) is 8.42 Å². The fraction of sp³-hybridized carbons (Fsp3) is 0.727. The Bertz CT molecular complexity index is 503. The van der Waals surface area contributed by atoms with Gasteiger partial charge in [-0.15, -0.1) is 0 Å². The summed E-state index contributed by atoms with van der Waals surface area (Å²) >= 11 is 0. The van der Waals surface area contributed by atoms with Gasteiger partial charge < -0.3 is 0 Å². The van der Waals surface area contributed by atoms with Crippen LogP contribution in [0.1, 0.15) is 43.6 Å². The predicted octanol–water partition coefficient (Wildman–Crippen LogP) is 1.67. The maximum absolute atomic E-state index is 11.1. The van der Waals surface area contributed by atoms with Gasteiger partial charge in [-0.3, -0.25) is 9.23 Å². The van der Waals surface area contributed by atoms with Crippen molar-refractivity contribution in [2.75, 3.05) is 0 Å². The number of nitrogens with zero attached hydrogens (tertiary/aromatic N) is 2. The summed E-state index contributed by atoms with van der Waals surface area (Å²) in [5.74, 6) is 0.235. The van der Waals surface area contributed by atoms with Crippen LogP contribution < -0.4 is 0 Å². The summed E-state index contributed by atoms with van der Waals surface area (Å²) in [6, 6.07) is 0. The highest BCUT2D eigenvalue weighted by molar-refractivity contribution is 7.86. The van der Waals surface area contributed by atoms with Crippen molar-refractivity contribution < 1.29 is 13.0 Å². The average molecular weight is 260 g/mol. The zero-order chi connectivity index (χ0) is 13.4. The van der Waals surface area contributed by atoms with Gasteiger partial charge in [0.25, 0.3) is 10.1 Å². The van der Waals surface area contributed by atoms with E-state index in [-0.39, 0.29) is 5.92 Å². The van der Waals surface area contributed by atoms with Crippen LogP contribution in [-0.4, -0.2) is 28.0 Å². The summed E-state index contributed by atoms with van der Waals surface area (Å²) in [5.41, 5.74) is 2.78. The molecule has 0 spiro atoms. The Kier molecular flexibility index (Phi) is 3.99. The second-order valence-electron chi connectivity index (χ2n) is 4.76. The topological polar surface area (TPSA) is 72.2 Å². The van der Waals surface area contributed by atoms with E-state index in [2.05, 4.69) is 5.10 Å². The largest absolute Gasteiger partial charge is 0.285 e. The van der Waals surface area contributed by atoms with Crippen LogP contribution in [0.25, 0.3) is 0 Å². The second-order valence-corrected chi connectivity index (χ2v) is 6.59. The van der Waals surface area contributed by atoms with E-state index in [1.54, 1.807) is 4.68 Å². The molecule has 0 fully saturated rings. The first-order valence-electron chi connectivity index (χ1n) is 5.63. The minimum atomic E-state index is -3.99. The van der Waals surface area contributed by atoms with Crippen LogP contribution in [0.3, 0.4) is 0 Å². The molecule has 17 heavy (non-hydrogen) atoms. The van der Waals surface area contributed by atoms with Crippen LogP contribution in [0.2, 0.25) is 0 Å². The molecule has 6 heteroatoms. The third-order valence-electron chi connectivity index (χ3n) is 3.04. The molecule has 0 bridgehead atoms. The van der Waals surface area contributed by atoms with E-state index in [4.69, 9.17) is 4.55 Å². The minimum Gasteiger partial charge on any atom is -0.285 e. The second kappa shape index (κ2) is 4.78. The Balaban J connectivity index is 3.14. The standard InChI is InChI=1S/C11H20N2O3S/c1-7(2)11-10(9(4)13(5)12-11)6-8(3)17(14,15)16/h7-8H,6H2,1-5H3,(H,14,15,16). The predicted molar refractivity (Wildman–Crippen MR) is 66.7 cm³/mol. The maximum atomic E-state index is 11.1. The Morgan fingerprint density at radius 2 is 1.88 bits per heavy atom. The average Bonchev–Trinajstić information content (AvgIpc) is 2.44. The van der Waals surface area contributed by atoms with Gasteiger partial charge in [0.2, 0.25) is 0 Å². The van der Waals surface area contributed by atoms with Crippen molar-refractivity contribution in [3.05, 3.63) is 17.0 Å². The van der Waals surface area contributed by atoms with Crippen LogP contribution in [0.15, 0.2) is 0 Å². The molecule has 0 aliphatic carbocycles. The molecule has 5 nitrogen and oxygen atoms in total. The molecule has 1 aromatic heterocycles. The zero-order valence-corrected chi connectivity index (χ0v) is 11.7. The first kappa shape index (κ1) is 14.2. The molecule has 0 saturated heterocycles. The van der Waals surface area contributed by atoms with E-state index in [0.717, 1.165) is 17.0 Å². The summed E-state index contributed by atoms with van der Waals surface area (Å²) < 4.78 is 32.9. The molecule has 1 atom stereocenters. The van der Waals surface area contributed by atoms with Crippen LogP contribution >= 0.6 is 0 Å². The highest BCUT2D eigenvalue weighted by Gasteiger charge is 2.23. The van der Waals surface area contributed by atoms with E-state index < -0.39 is 15.4 Å². The third-order valence-corrected chi connectivity index (χ3v) is 4.22. The van der Waals surface area contributed by atoms with E-state index in [1.165, 1.54) is 6.92 Å². The summed E-state index contributed by atoms with van der Waals surface area (Å²) in [5, 5.41) is 3.58. The SMILES string of the molecule is Cc1c(CC(C)S(=O)(=O)O)c(C(C)C)nn1C. The van der Waals surface area contributed by atoms with Crippen molar-refractivity contribution in [1.82, 2.24) is 9.78 Å². The van der Waals surface area contributed by atoms with Gasteiger partial charge in [-0.25, -0.2) is 0 Å². The van der Waals surface area contributed by atoms with E-state index in [0.29, 0.717) is 6.42 Å². The molecule has 1 N–H and O–H groups in total. The Hall–Kier alpha value is -0.880. The normalized spacial score (nSPS) is 14.3. The third kappa shape index (κ3) is 3.07. The van der Waals surface area contributed by atoms with E-state index >= 15 is 0 Å². The van der Waals surface area contributed by atoms with Crippen LogP contribution in [0.4, 0.5) is 0 Å². The summed E-state index contributed by atoms with van der Waals surface area (Å²) in [6.07, 6.45) is 0.298. The minimum absolute atomic E-state index is 0.235. The maximum Gasteiger partial charge on any atom is 0.267 e. The number of aryl methyl sites for hydroxylation is 1. The molecule has 1 aromatic rings. The quantitative estimate of drug-likeness (QED) is 0.836. The van der Waals surface area contributed by atoms with Crippen molar-refractivity contribution in [3.8, 4) is 0 Å². The summed E-state index contributed by atoms with van der Waals surface area (Å²) in [7, 11) is -2.15. The lowest BCUT2D eigenvalue weighted by Gasteiger charge is -2.10. The lowest BCUT2D eigenvalue weighted by Crippen LogP contribution is -2.20. The van der Waals surface area contributed by atoms with Gasteiger partial charge in [-0.05, 0) is 31.7 Å². The van der Waals surface area contributed by atoms with Gasteiger partial charge in [0, 0.05) is 12.7 Å². The molecule has 1 heterocycles. The molecule has 1 rings (SSSR count). The molecule has 0 radical (unpaired) electrons. The van der Waals surface area contributed by atoms with Gasteiger partial charge in [0.1, 0.15) is 0 Å². The van der Waals surface area contributed by atoms with E-state index in [1.807, 2.05) is 27.8 Å². The highest BCUT2D eigenvalue weighted by atomic mass is 32.2. The molecular formula is C11H20N2O3S. The lowest BCUT2D eigenvalue weighted by molar-refractivity contribution is 0.469. The van der Waals surface area contributed by atoms with Gasteiger partial charge in [-0.1, -0.05) is 13.8 Å². The molecule has 0 saturated carbocycles. The van der Waals surface area contributed by atoms with Crippen molar-refractivity contribution in [1.29, 1.82) is 0 Å². The van der Waals surface area contributed by atoms with Crippen molar-refractivity contribution in [2.24, 2.45) is 7.05 Å². The smallest absolute Gasteiger partial charge is 0.267 e. The Labute approximate surface area is 103 Å². The summed E-state index contributed by atoms with van der Waals surface area (Å²) in [4.78, 5) is 0. The van der Waals surface area contributed by atoms with Crippen LogP contribution in [-0.2, 0) is 23.6 Å². The van der Waals surface area contributed by atoms with Crippen molar-refractivity contribution >= 4 is 10.1 Å². The Morgan fingerprint density at radius 1 is 1.35 bits per heavy atom. The van der Waals surface area contributed by atoms with Gasteiger partial charge in [-0.2, -0.15) is 13.5 Å². The van der Waals surface area contributed by atoms with Gasteiger partial charge in [0.15, 0.2) is 0 Å². The fourth-order valence-electron chi connectivity index (χ4n) is 1.79. The molecule has 0 aliphatic rings. The molecular weight excluding hydrogens is 240 g/mol. The number of rotatable bonds is 4. The first-order valence-corrected chi connectivity index (χ1v) is 7.13. The van der Waals surface area contributed by atoms with Crippen molar-refractivity contribution in [2.45, 2.75) is 45.3 Å². The number of aromatic nitrogens is 2. The van der Waals surface area contributed by atoms with Crippen LogP contribution in [0, 0.1) is 6.92 Å². The highest BCUT2D eigenvalue weighted by Crippen LogP contribution is 2.23. The zero-order valence-electron chi connectivity index (χ0n) is 10.9. The molecule has 0 amide bonds. The monoisotopic (exact) mass is 260 g/mol. The van der Waals surface area contributed by atoms with Crippen molar-refractivity contribution in [3.63, 3.8) is 0 Å². The molecule has 1 unspecified atom stereocenters. The summed E-state index contributed by atoms with van der Waals surface area (Å²) in [6.45, 7) is 7.45. The number of hydrogen-bond donors (Lipinski definition) is 1. The van der Waals surface area contributed by atoms with Crippen LogP contribution in [0.5, 0.6) is 0 Å². The fourth-order valence-corrected chi connectivity index (χ4v) is 2.16. The molecule has 0 aliphatic heterocycles. The molecule has 98 valence electrons.